The fraction of sp³-hybridized carbons (Fsp3) is 0.632. The van der Waals surface area contributed by atoms with Crippen molar-refractivity contribution in [2.45, 2.75) is 95.6 Å². The van der Waals surface area contributed by atoms with Crippen molar-refractivity contribution in [3.05, 3.63) is 65.1 Å². The molecule has 0 amide bonds. The van der Waals surface area contributed by atoms with Crippen LogP contribution in [0.5, 0.6) is 0 Å². The lowest BCUT2D eigenvalue weighted by Gasteiger charge is -2.39. The molecule has 47 heavy (non-hydrogen) atoms. The van der Waals surface area contributed by atoms with E-state index in [0.717, 1.165) is 76.3 Å². The number of likely N-dealkylation sites (tertiary alicyclic amines) is 1. The number of nitrogens with one attached hydrogen (secondary N) is 1. The fourth-order valence-electron chi connectivity index (χ4n) is 8.91. The third kappa shape index (κ3) is 7.35. The summed E-state index contributed by atoms with van der Waals surface area (Å²) in [6.07, 6.45) is 15.6. The summed E-state index contributed by atoms with van der Waals surface area (Å²) in [5, 5.41) is 18.2. The van der Waals surface area contributed by atoms with Gasteiger partial charge >= 0.3 is 5.97 Å². The minimum absolute atomic E-state index is 0.0637. The standard InChI is InChI=1S/C38H53N7O2/c1-25-8-7-19-45(22-25)24-34(31-21-39-43(2)23-31)40-36-32-20-30(26-9-5-4-6-10-26)17-18-33(32)41-38(42-36)44(3)35(27-11-12-27)28-13-15-29(16-14-28)37(46)47/h4-6,9-10,21,23,25,27-30,34-35H,7-8,11-20,22,24H2,1-3H3,(H,46,47)(H,40,41,42)/t25-,28?,29?,30+,34-,35+/m0/s1. The molecule has 3 fully saturated rings. The molecule has 0 bridgehead atoms. The molecule has 1 aliphatic heterocycles. The molecule has 4 atom stereocenters. The highest BCUT2D eigenvalue weighted by Crippen LogP contribution is 2.45. The van der Waals surface area contributed by atoms with Gasteiger partial charge in [-0.1, -0.05) is 37.3 Å². The van der Waals surface area contributed by atoms with E-state index in [2.05, 4.69) is 70.7 Å². The van der Waals surface area contributed by atoms with Crippen LogP contribution in [0.15, 0.2) is 42.7 Å². The van der Waals surface area contributed by atoms with Crippen LogP contribution >= 0.6 is 0 Å². The van der Waals surface area contributed by atoms with Crippen molar-refractivity contribution in [3.8, 4) is 0 Å². The molecule has 2 saturated carbocycles. The maximum atomic E-state index is 11.7. The summed E-state index contributed by atoms with van der Waals surface area (Å²) in [6, 6.07) is 11.3. The average molecular weight is 640 g/mol. The number of carboxylic acid groups (broad SMARTS) is 1. The number of piperidine rings is 1. The van der Waals surface area contributed by atoms with E-state index in [1.54, 1.807) is 0 Å². The summed E-state index contributed by atoms with van der Waals surface area (Å²) in [7, 11) is 4.19. The van der Waals surface area contributed by atoms with Crippen LogP contribution in [0.2, 0.25) is 0 Å². The Labute approximate surface area is 280 Å². The lowest BCUT2D eigenvalue weighted by atomic mass is 9.77. The fourth-order valence-corrected chi connectivity index (χ4v) is 8.91. The number of hydrogen-bond donors (Lipinski definition) is 2. The Morgan fingerprint density at radius 1 is 1.04 bits per heavy atom. The molecule has 1 saturated heterocycles. The number of aliphatic carboxylic acids is 1. The van der Waals surface area contributed by atoms with Crippen LogP contribution in [0, 0.1) is 23.7 Å². The van der Waals surface area contributed by atoms with Crippen LogP contribution < -0.4 is 10.2 Å². The molecule has 4 aliphatic rings. The number of benzene rings is 1. The van der Waals surface area contributed by atoms with Crippen molar-refractivity contribution in [1.29, 1.82) is 0 Å². The summed E-state index contributed by atoms with van der Waals surface area (Å²) < 4.78 is 1.91. The highest BCUT2D eigenvalue weighted by atomic mass is 16.4. The Morgan fingerprint density at radius 2 is 1.79 bits per heavy atom. The van der Waals surface area contributed by atoms with Crippen LogP contribution in [0.4, 0.5) is 11.8 Å². The lowest BCUT2D eigenvalue weighted by Crippen LogP contribution is -2.43. The monoisotopic (exact) mass is 639 g/mol. The van der Waals surface area contributed by atoms with Gasteiger partial charge in [0.2, 0.25) is 5.95 Å². The molecule has 9 nitrogen and oxygen atoms in total. The predicted molar refractivity (Wildman–Crippen MR) is 186 cm³/mol. The van der Waals surface area contributed by atoms with Gasteiger partial charge in [-0.05, 0) is 106 Å². The number of rotatable bonds is 11. The van der Waals surface area contributed by atoms with Gasteiger partial charge in [0.15, 0.2) is 0 Å². The van der Waals surface area contributed by atoms with Gasteiger partial charge in [-0.3, -0.25) is 9.48 Å². The normalized spacial score (nSPS) is 26.3. The maximum absolute atomic E-state index is 11.7. The predicted octanol–water partition coefficient (Wildman–Crippen LogP) is 6.47. The number of hydrogen-bond acceptors (Lipinski definition) is 7. The molecule has 2 aromatic heterocycles. The summed E-state index contributed by atoms with van der Waals surface area (Å²) in [5.74, 6) is 3.22. The Morgan fingerprint density at radius 3 is 2.45 bits per heavy atom. The smallest absolute Gasteiger partial charge is 0.306 e. The number of carboxylic acids is 1. The van der Waals surface area contributed by atoms with Crippen molar-refractivity contribution >= 4 is 17.7 Å². The summed E-state index contributed by atoms with van der Waals surface area (Å²) in [5.41, 5.74) is 5.02. The van der Waals surface area contributed by atoms with E-state index >= 15 is 0 Å². The first-order chi connectivity index (χ1) is 22.8. The number of aromatic nitrogens is 4. The van der Waals surface area contributed by atoms with Crippen molar-refractivity contribution in [2.24, 2.45) is 30.7 Å². The van der Waals surface area contributed by atoms with Crippen LogP contribution in [-0.2, 0) is 24.7 Å². The first kappa shape index (κ1) is 32.1. The van der Waals surface area contributed by atoms with E-state index in [0.29, 0.717) is 29.7 Å². The molecule has 3 aliphatic carbocycles. The van der Waals surface area contributed by atoms with Crippen molar-refractivity contribution in [2.75, 3.05) is 36.9 Å². The van der Waals surface area contributed by atoms with Gasteiger partial charge in [0.25, 0.3) is 0 Å². The first-order valence-corrected chi connectivity index (χ1v) is 18.2. The SMILES string of the molecule is C[C@H]1CCCN(C[C@H](Nc2nc(N(C)[C@@H](C3CCC(C(=O)O)CC3)C3CC3)nc3c2C[C@H](c2ccccc2)CC3)c2cnn(C)c2)C1. The minimum atomic E-state index is -0.635. The Kier molecular flexibility index (Phi) is 9.53. The largest absolute Gasteiger partial charge is 0.481 e. The molecule has 2 N–H and O–H groups in total. The highest BCUT2D eigenvalue weighted by Gasteiger charge is 2.42. The van der Waals surface area contributed by atoms with Gasteiger partial charge in [-0.15, -0.1) is 0 Å². The van der Waals surface area contributed by atoms with Crippen molar-refractivity contribution in [3.63, 3.8) is 0 Å². The van der Waals surface area contributed by atoms with Gasteiger partial charge in [0, 0.05) is 50.6 Å². The zero-order valence-electron chi connectivity index (χ0n) is 28.5. The number of fused-ring (bicyclic) bond motifs is 1. The van der Waals surface area contributed by atoms with Crippen LogP contribution in [0.1, 0.15) is 99.1 Å². The quantitative estimate of drug-likeness (QED) is 0.246. The number of nitrogens with zero attached hydrogens (tertiary/aromatic N) is 6. The van der Waals surface area contributed by atoms with Gasteiger partial charge in [-0.2, -0.15) is 10.1 Å². The molecule has 7 rings (SSSR count). The maximum Gasteiger partial charge on any atom is 0.306 e. The van der Waals surface area contributed by atoms with E-state index < -0.39 is 5.97 Å². The summed E-state index contributed by atoms with van der Waals surface area (Å²) in [4.78, 5) is 27.5. The van der Waals surface area contributed by atoms with Crippen LogP contribution in [0.25, 0.3) is 0 Å². The highest BCUT2D eigenvalue weighted by molar-refractivity contribution is 5.70. The number of aryl methyl sites for hydroxylation is 2. The second-order valence-electron chi connectivity index (χ2n) is 15.2. The molecule has 0 spiro atoms. The van der Waals surface area contributed by atoms with Crippen molar-refractivity contribution < 1.29 is 9.90 Å². The molecular formula is C38H53N7O2. The summed E-state index contributed by atoms with van der Waals surface area (Å²) in [6.45, 7) is 5.54. The van der Waals surface area contributed by atoms with E-state index in [4.69, 9.17) is 9.97 Å². The van der Waals surface area contributed by atoms with Gasteiger partial charge in [-0.25, -0.2) is 4.98 Å². The first-order valence-electron chi connectivity index (χ1n) is 18.2. The molecular weight excluding hydrogens is 586 g/mol. The van der Waals surface area contributed by atoms with Crippen molar-refractivity contribution in [1.82, 2.24) is 24.6 Å². The number of carbonyl (C=O) groups is 1. The van der Waals surface area contributed by atoms with Gasteiger partial charge in [0.1, 0.15) is 5.82 Å². The minimum Gasteiger partial charge on any atom is -0.481 e. The molecule has 252 valence electrons. The third-order valence-electron chi connectivity index (χ3n) is 11.6. The topological polar surface area (TPSA) is 99.4 Å². The van der Waals surface area contributed by atoms with Gasteiger partial charge in [0.05, 0.1) is 23.9 Å². The molecule has 9 heteroatoms. The molecule has 3 aromatic rings. The zero-order chi connectivity index (χ0) is 32.5. The third-order valence-corrected chi connectivity index (χ3v) is 11.6. The van der Waals surface area contributed by atoms with Gasteiger partial charge < -0.3 is 20.2 Å². The second kappa shape index (κ2) is 14.0. The van der Waals surface area contributed by atoms with E-state index in [1.807, 2.05) is 17.9 Å². The number of anilines is 2. The Balaban J connectivity index is 1.22. The average Bonchev–Trinajstić information content (AvgIpc) is 3.82. The molecule has 1 aromatic carbocycles. The lowest BCUT2D eigenvalue weighted by molar-refractivity contribution is -0.143. The van der Waals surface area contributed by atoms with Crippen LogP contribution in [-0.4, -0.2) is 68.4 Å². The molecule has 0 unspecified atom stereocenters. The second-order valence-corrected chi connectivity index (χ2v) is 15.2. The Bertz CT molecular complexity index is 1510. The van der Waals surface area contributed by atoms with E-state index in [9.17, 15) is 9.90 Å². The summed E-state index contributed by atoms with van der Waals surface area (Å²) >= 11 is 0. The van der Waals surface area contributed by atoms with Crippen LogP contribution in [0.3, 0.4) is 0 Å². The Hall–Kier alpha value is -3.46. The zero-order valence-corrected chi connectivity index (χ0v) is 28.5. The molecule has 0 radical (unpaired) electrons. The molecule has 3 heterocycles. The van der Waals surface area contributed by atoms with E-state index in [-0.39, 0.29) is 12.0 Å². The van der Waals surface area contributed by atoms with E-state index in [1.165, 1.54) is 48.1 Å².